The minimum atomic E-state index is 0.579. The van der Waals surface area contributed by atoms with Crippen LogP contribution in [-0.4, -0.2) is 26.2 Å². The van der Waals surface area contributed by atoms with E-state index in [4.69, 9.17) is 9.52 Å². The summed E-state index contributed by atoms with van der Waals surface area (Å²) in [5.74, 6) is 2.08. The summed E-state index contributed by atoms with van der Waals surface area (Å²) in [5, 5.41) is 20.3. The van der Waals surface area contributed by atoms with Crippen molar-refractivity contribution in [2.24, 2.45) is 5.10 Å². The number of rotatable bonds is 6. The van der Waals surface area contributed by atoms with E-state index < -0.39 is 0 Å². The lowest BCUT2D eigenvalue weighted by Gasteiger charge is -2.10. The van der Waals surface area contributed by atoms with Crippen molar-refractivity contribution in [2.45, 2.75) is 20.8 Å². The summed E-state index contributed by atoms with van der Waals surface area (Å²) in [6.45, 7) is 6.13. The fourth-order valence-corrected chi connectivity index (χ4v) is 4.40. The Bertz CT molecular complexity index is 1780. The molecular formula is C31H26N6O. The molecule has 3 aromatic carbocycles. The largest absolute Gasteiger partial charge is 0.460 e. The standard InChI is InChI=1S/C31H26N6O/c1-20-13-15-23(17-21(20)2)29-26-11-7-8-12-27(26)31(35-33-29)34-32-18-24-19-37(25-9-5-4-6-10-25)36-30(24)28-16-14-22(3)38-28/h4-19H,1-3H3,(H,34,35)/b32-18+. The number of furan rings is 1. The number of para-hydroxylation sites is 1. The van der Waals surface area contributed by atoms with Gasteiger partial charge in [0.1, 0.15) is 17.1 Å². The van der Waals surface area contributed by atoms with Crippen LogP contribution in [-0.2, 0) is 0 Å². The highest BCUT2D eigenvalue weighted by molar-refractivity contribution is 6.00. The third-order valence-corrected chi connectivity index (χ3v) is 6.58. The minimum Gasteiger partial charge on any atom is -0.460 e. The van der Waals surface area contributed by atoms with Crippen LogP contribution in [0, 0.1) is 20.8 Å². The SMILES string of the molecule is Cc1ccc(-c2nn(-c3ccccc3)cc2/C=N/Nc2nnc(-c3ccc(C)c(C)c3)c3ccccc23)o1. The quantitative estimate of drug-likeness (QED) is 0.195. The molecule has 3 heterocycles. The number of benzene rings is 3. The molecule has 38 heavy (non-hydrogen) atoms. The molecule has 186 valence electrons. The molecule has 0 spiro atoms. The molecule has 0 saturated carbocycles. The lowest BCUT2D eigenvalue weighted by atomic mass is 10.0. The average Bonchev–Trinajstić information content (AvgIpc) is 3.57. The number of hydrogen-bond donors (Lipinski definition) is 1. The molecule has 0 amide bonds. The Hall–Kier alpha value is -5.04. The molecule has 1 N–H and O–H groups in total. The van der Waals surface area contributed by atoms with Gasteiger partial charge in [-0.2, -0.15) is 10.2 Å². The van der Waals surface area contributed by atoms with Gasteiger partial charge in [-0.1, -0.05) is 54.6 Å². The summed E-state index contributed by atoms with van der Waals surface area (Å²) >= 11 is 0. The van der Waals surface area contributed by atoms with Crippen LogP contribution in [0.25, 0.3) is 39.2 Å². The van der Waals surface area contributed by atoms with E-state index >= 15 is 0 Å². The molecule has 0 saturated heterocycles. The van der Waals surface area contributed by atoms with Crippen molar-refractivity contribution in [3.63, 3.8) is 0 Å². The van der Waals surface area contributed by atoms with Crippen molar-refractivity contribution in [3.8, 4) is 28.4 Å². The zero-order chi connectivity index (χ0) is 26.1. The Labute approximate surface area is 220 Å². The summed E-state index contributed by atoms with van der Waals surface area (Å²) < 4.78 is 7.69. The van der Waals surface area contributed by atoms with Crippen molar-refractivity contribution in [3.05, 3.63) is 114 Å². The maximum atomic E-state index is 5.87. The van der Waals surface area contributed by atoms with E-state index in [1.807, 2.05) is 78.5 Å². The second-order valence-corrected chi connectivity index (χ2v) is 9.24. The predicted molar refractivity (Wildman–Crippen MR) is 152 cm³/mol. The van der Waals surface area contributed by atoms with Gasteiger partial charge in [0.2, 0.25) is 0 Å². The Morgan fingerprint density at radius 1 is 0.789 bits per heavy atom. The first-order valence-corrected chi connectivity index (χ1v) is 12.4. The van der Waals surface area contributed by atoms with Crippen LogP contribution in [0.5, 0.6) is 0 Å². The Morgan fingerprint density at radius 2 is 1.58 bits per heavy atom. The van der Waals surface area contributed by atoms with Crippen LogP contribution in [0.3, 0.4) is 0 Å². The molecule has 0 bridgehead atoms. The van der Waals surface area contributed by atoms with Crippen LogP contribution in [0.15, 0.2) is 101 Å². The highest BCUT2D eigenvalue weighted by atomic mass is 16.3. The first-order chi connectivity index (χ1) is 18.6. The lowest BCUT2D eigenvalue weighted by molar-refractivity contribution is 0.545. The smallest absolute Gasteiger partial charge is 0.176 e. The molecule has 0 fully saturated rings. The fourth-order valence-electron chi connectivity index (χ4n) is 4.40. The molecule has 0 atom stereocenters. The zero-order valence-electron chi connectivity index (χ0n) is 21.4. The van der Waals surface area contributed by atoms with Gasteiger partial charge in [0.25, 0.3) is 0 Å². The van der Waals surface area contributed by atoms with Gasteiger partial charge >= 0.3 is 0 Å². The van der Waals surface area contributed by atoms with Gasteiger partial charge in [-0.05, 0) is 62.2 Å². The van der Waals surface area contributed by atoms with E-state index in [0.717, 1.165) is 39.0 Å². The van der Waals surface area contributed by atoms with Crippen molar-refractivity contribution in [1.29, 1.82) is 0 Å². The molecule has 7 nitrogen and oxygen atoms in total. The van der Waals surface area contributed by atoms with Crippen molar-refractivity contribution >= 4 is 22.8 Å². The summed E-state index contributed by atoms with van der Waals surface area (Å²) in [6, 6.07) is 28.2. The highest BCUT2D eigenvalue weighted by Crippen LogP contribution is 2.31. The van der Waals surface area contributed by atoms with Gasteiger partial charge in [0, 0.05) is 28.1 Å². The number of nitrogens with one attached hydrogen (secondary N) is 1. The fraction of sp³-hybridized carbons (Fsp3) is 0.0968. The van der Waals surface area contributed by atoms with Gasteiger partial charge in [0.15, 0.2) is 11.6 Å². The van der Waals surface area contributed by atoms with Gasteiger partial charge < -0.3 is 4.42 Å². The van der Waals surface area contributed by atoms with Crippen molar-refractivity contribution in [2.75, 3.05) is 5.43 Å². The van der Waals surface area contributed by atoms with Crippen LogP contribution < -0.4 is 5.43 Å². The molecule has 0 aliphatic rings. The van der Waals surface area contributed by atoms with E-state index in [2.05, 4.69) is 58.8 Å². The molecule has 3 aromatic heterocycles. The molecule has 0 aliphatic heterocycles. The topological polar surface area (TPSA) is 81.1 Å². The Balaban J connectivity index is 1.35. The number of nitrogens with zero attached hydrogens (tertiary/aromatic N) is 5. The maximum Gasteiger partial charge on any atom is 0.176 e. The predicted octanol–water partition coefficient (Wildman–Crippen LogP) is 7.11. The number of aromatic nitrogens is 4. The highest BCUT2D eigenvalue weighted by Gasteiger charge is 2.15. The number of hydrogen-bond acceptors (Lipinski definition) is 6. The molecular weight excluding hydrogens is 472 g/mol. The van der Waals surface area contributed by atoms with Crippen molar-refractivity contribution < 1.29 is 4.42 Å². The van der Waals surface area contributed by atoms with E-state index in [1.165, 1.54) is 11.1 Å². The molecule has 6 aromatic rings. The number of anilines is 1. The second-order valence-electron chi connectivity index (χ2n) is 9.24. The third kappa shape index (κ3) is 4.46. The van der Waals surface area contributed by atoms with Crippen LogP contribution in [0.1, 0.15) is 22.5 Å². The van der Waals surface area contributed by atoms with Gasteiger partial charge in [-0.25, -0.2) is 4.68 Å². The lowest BCUT2D eigenvalue weighted by Crippen LogP contribution is -1.99. The third-order valence-electron chi connectivity index (χ3n) is 6.58. The number of fused-ring (bicyclic) bond motifs is 1. The maximum absolute atomic E-state index is 5.87. The van der Waals surface area contributed by atoms with Crippen molar-refractivity contribution in [1.82, 2.24) is 20.0 Å². The Morgan fingerprint density at radius 3 is 2.34 bits per heavy atom. The summed E-state index contributed by atoms with van der Waals surface area (Å²) in [4.78, 5) is 0. The minimum absolute atomic E-state index is 0.579. The van der Waals surface area contributed by atoms with Gasteiger partial charge in [0.05, 0.1) is 11.9 Å². The summed E-state index contributed by atoms with van der Waals surface area (Å²) in [5.41, 5.74) is 9.91. The summed E-state index contributed by atoms with van der Waals surface area (Å²) in [7, 11) is 0. The van der Waals surface area contributed by atoms with Gasteiger partial charge in [-0.15, -0.1) is 10.2 Å². The zero-order valence-corrected chi connectivity index (χ0v) is 21.4. The number of aryl methyl sites for hydroxylation is 3. The van der Waals surface area contributed by atoms with Crippen LogP contribution >= 0.6 is 0 Å². The monoisotopic (exact) mass is 498 g/mol. The van der Waals surface area contributed by atoms with Gasteiger partial charge in [-0.3, -0.25) is 5.43 Å². The van der Waals surface area contributed by atoms with Crippen LogP contribution in [0.2, 0.25) is 0 Å². The van der Waals surface area contributed by atoms with E-state index in [-0.39, 0.29) is 0 Å². The van der Waals surface area contributed by atoms with E-state index in [0.29, 0.717) is 17.3 Å². The normalized spacial score (nSPS) is 11.4. The average molecular weight is 499 g/mol. The van der Waals surface area contributed by atoms with E-state index in [9.17, 15) is 0 Å². The van der Waals surface area contributed by atoms with E-state index in [1.54, 1.807) is 6.21 Å². The molecule has 6 rings (SSSR count). The molecule has 0 radical (unpaired) electrons. The Kier molecular flexibility index (Phi) is 6.01. The van der Waals surface area contributed by atoms with Crippen LogP contribution in [0.4, 0.5) is 5.82 Å². The first-order valence-electron chi connectivity index (χ1n) is 12.4. The number of hydrazone groups is 1. The molecule has 0 unspecified atom stereocenters. The first kappa shape index (κ1) is 23.4. The second kappa shape index (κ2) is 9.78. The molecule has 7 heteroatoms. The summed E-state index contributed by atoms with van der Waals surface area (Å²) in [6.07, 6.45) is 3.66. The molecule has 0 aliphatic carbocycles.